The van der Waals surface area contributed by atoms with Gasteiger partial charge in [-0.1, -0.05) is 12.1 Å². The van der Waals surface area contributed by atoms with E-state index in [1.54, 1.807) is 19.2 Å². The molecule has 152 valence electrons. The number of piperazine rings is 1. The van der Waals surface area contributed by atoms with E-state index in [4.69, 9.17) is 14.6 Å². The van der Waals surface area contributed by atoms with Gasteiger partial charge in [-0.05, 0) is 42.0 Å². The molecule has 0 aromatic heterocycles. The van der Waals surface area contributed by atoms with Gasteiger partial charge >= 0.3 is 0 Å². The van der Waals surface area contributed by atoms with E-state index >= 15 is 0 Å². The van der Waals surface area contributed by atoms with Crippen molar-refractivity contribution < 1.29 is 17.9 Å². The van der Waals surface area contributed by atoms with E-state index in [0.717, 1.165) is 45.0 Å². The Morgan fingerprint density at radius 2 is 1.46 bits per heavy atom. The topological polar surface area (TPSA) is 85.1 Å². The Morgan fingerprint density at radius 1 is 0.893 bits per heavy atom. The van der Waals surface area contributed by atoms with Crippen LogP contribution in [0, 0.1) is 0 Å². The van der Waals surface area contributed by atoms with Crippen LogP contribution in [0.25, 0.3) is 0 Å². The first-order valence-electron chi connectivity index (χ1n) is 9.27. The minimum atomic E-state index is -3.66. The molecule has 1 aliphatic heterocycles. The maximum absolute atomic E-state index is 11.3. The van der Waals surface area contributed by atoms with Crippen LogP contribution in [0.3, 0.4) is 0 Å². The fourth-order valence-electron chi connectivity index (χ4n) is 3.18. The summed E-state index contributed by atoms with van der Waals surface area (Å²) in [5.74, 6) is 1.53. The Labute approximate surface area is 166 Å². The predicted molar refractivity (Wildman–Crippen MR) is 108 cm³/mol. The second kappa shape index (κ2) is 9.38. The molecule has 28 heavy (non-hydrogen) atoms. The zero-order chi connectivity index (χ0) is 20.0. The van der Waals surface area contributed by atoms with Crippen molar-refractivity contribution in [3.8, 4) is 11.5 Å². The van der Waals surface area contributed by atoms with Gasteiger partial charge in [0.1, 0.15) is 18.1 Å². The first-order chi connectivity index (χ1) is 13.4. The molecule has 2 aromatic carbocycles. The van der Waals surface area contributed by atoms with E-state index in [1.807, 2.05) is 12.1 Å². The zero-order valence-electron chi connectivity index (χ0n) is 16.1. The SMILES string of the molecule is COc1ccc(CN2CCN(CCOc3ccc(S(N)(=O)=O)cc3)CC2)cc1. The van der Waals surface area contributed by atoms with E-state index in [-0.39, 0.29) is 4.90 Å². The summed E-state index contributed by atoms with van der Waals surface area (Å²) in [7, 11) is -1.99. The van der Waals surface area contributed by atoms with Crippen LogP contribution in [0.4, 0.5) is 0 Å². The van der Waals surface area contributed by atoms with E-state index in [1.165, 1.54) is 17.7 Å². The Balaban J connectivity index is 1.37. The third kappa shape index (κ3) is 5.93. The van der Waals surface area contributed by atoms with E-state index in [2.05, 4.69) is 21.9 Å². The van der Waals surface area contributed by atoms with E-state index in [9.17, 15) is 8.42 Å². The van der Waals surface area contributed by atoms with Gasteiger partial charge in [0.2, 0.25) is 10.0 Å². The fourth-order valence-corrected chi connectivity index (χ4v) is 3.69. The van der Waals surface area contributed by atoms with Crippen molar-refractivity contribution in [3.05, 3.63) is 54.1 Å². The molecule has 2 N–H and O–H groups in total. The van der Waals surface area contributed by atoms with Crippen LogP contribution in [0.1, 0.15) is 5.56 Å². The molecule has 0 unspecified atom stereocenters. The smallest absolute Gasteiger partial charge is 0.238 e. The average molecular weight is 406 g/mol. The standard InChI is InChI=1S/C20H27N3O4S/c1-26-18-4-2-17(3-5-18)16-23-12-10-22(11-13-23)14-15-27-19-6-8-20(9-7-19)28(21,24)25/h2-9H,10-16H2,1H3,(H2,21,24,25). The van der Waals surface area contributed by atoms with Crippen LogP contribution in [0.5, 0.6) is 11.5 Å². The first kappa shape index (κ1) is 20.6. The molecule has 2 aromatic rings. The second-order valence-corrected chi connectivity index (χ2v) is 8.39. The summed E-state index contributed by atoms with van der Waals surface area (Å²) in [6, 6.07) is 14.4. The molecule has 1 aliphatic rings. The molecular weight excluding hydrogens is 378 g/mol. The monoisotopic (exact) mass is 405 g/mol. The summed E-state index contributed by atoms with van der Waals surface area (Å²) in [5, 5.41) is 5.09. The Kier molecular flexibility index (Phi) is 6.90. The molecule has 0 radical (unpaired) electrons. The van der Waals surface area contributed by atoms with E-state index < -0.39 is 10.0 Å². The lowest BCUT2D eigenvalue weighted by molar-refractivity contribution is 0.112. The van der Waals surface area contributed by atoms with Gasteiger partial charge in [0.15, 0.2) is 0 Å². The highest BCUT2D eigenvalue weighted by Gasteiger charge is 2.17. The fraction of sp³-hybridized carbons (Fsp3) is 0.400. The van der Waals surface area contributed by atoms with Crippen molar-refractivity contribution in [3.63, 3.8) is 0 Å². The number of primary sulfonamides is 1. The Bertz CT molecular complexity index is 846. The van der Waals surface area contributed by atoms with Crippen molar-refractivity contribution in [2.75, 3.05) is 46.4 Å². The second-order valence-electron chi connectivity index (χ2n) is 6.83. The average Bonchev–Trinajstić information content (AvgIpc) is 2.70. The van der Waals surface area contributed by atoms with Crippen LogP contribution in [0.15, 0.2) is 53.4 Å². The lowest BCUT2D eigenvalue weighted by Crippen LogP contribution is -2.47. The summed E-state index contributed by atoms with van der Waals surface area (Å²) < 4.78 is 33.4. The number of hydrogen-bond donors (Lipinski definition) is 1. The number of rotatable bonds is 8. The molecule has 0 aliphatic carbocycles. The summed E-state index contributed by atoms with van der Waals surface area (Å²) in [4.78, 5) is 4.92. The number of hydrogen-bond acceptors (Lipinski definition) is 6. The van der Waals surface area contributed by atoms with E-state index in [0.29, 0.717) is 12.4 Å². The lowest BCUT2D eigenvalue weighted by Gasteiger charge is -2.34. The van der Waals surface area contributed by atoms with Crippen LogP contribution >= 0.6 is 0 Å². The Morgan fingerprint density at radius 3 is 2.04 bits per heavy atom. The molecule has 0 saturated carbocycles. The van der Waals surface area contributed by atoms with Gasteiger partial charge in [0.25, 0.3) is 0 Å². The van der Waals surface area contributed by atoms with Crippen LogP contribution in [0.2, 0.25) is 0 Å². The normalized spacial score (nSPS) is 16.1. The van der Waals surface area contributed by atoms with Gasteiger partial charge in [-0.15, -0.1) is 0 Å². The van der Waals surface area contributed by atoms with Crippen LogP contribution in [-0.2, 0) is 16.6 Å². The molecule has 1 saturated heterocycles. The summed E-state index contributed by atoms with van der Waals surface area (Å²) in [5.41, 5.74) is 1.29. The van der Waals surface area contributed by atoms with Gasteiger partial charge in [0.05, 0.1) is 12.0 Å². The van der Waals surface area contributed by atoms with Crippen molar-refractivity contribution in [1.82, 2.24) is 9.80 Å². The summed E-state index contributed by atoms with van der Waals surface area (Å²) in [6.45, 7) is 6.41. The molecule has 0 bridgehead atoms. The van der Waals surface area contributed by atoms with Gasteiger partial charge < -0.3 is 9.47 Å². The predicted octanol–water partition coefficient (Wildman–Crippen LogP) is 1.54. The van der Waals surface area contributed by atoms with Crippen LogP contribution < -0.4 is 14.6 Å². The minimum absolute atomic E-state index is 0.0906. The molecule has 1 fully saturated rings. The maximum Gasteiger partial charge on any atom is 0.238 e. The lowest BCUT2D eigenvalue weighted by atomic mass is 10.2. The number of methoxy groups -OCH3 is 1. The molecule has 0 atom stereocenters. The Hall–Kier alpha value is -2.13. The highest BCUT2D eigenvalue weighted by Crippen LogP contribution is 2.16. The van der Waals surface area contributed by atoms with Crippen molar-refractivity contribution >= 4 is 10.0 Å². The van der Waals surface area contributed by atoms with Crippen molar-refractivity contribution in [2.24, 2.45) is 5.14 Å². The van der Waals surface area contributed by atoms with Crippen LogP contribution in [-0.4, -0.2) is 64.7 Å². The molecule has 7 nitrogen and oxygen atoms in total. The molecule has 1 heterocycles. The number of ether oxygens (including phenoxy) is 2. The van der Waals surface area contributed by atoms with Gasteiger partial charge in [-0.3, -0.25) is 9.80 Å². The zero-order valence-corrected chi connectivity index (χ0v) is 16.9. The van der Waals surface area contributed by atoms with Gasteiger partial charge in [-0.2, -0.15) is 0 Å². The maximum atomic E-state index is 11.3. The third-order valence-electron chi connectivity index (χ3n) is 4.86. The number of benzene rings is 2. The molecule has 8 heteroatoms. The highest BCUT2D eigenvalue weighted by atomic mass is 32.2. The highest BCUT2D eigenvalue weighted by molar-refractivity contribution is 7.89. The van der Waals surface area contributed by atoms with Crippen molar-refractivity contribution in [2.45, 2.75) is 11.4 Å². The first-order valence-corrected chi connectivity index (χ1v) is 10.8. The number of nitrogens with zero attached hydrogens (tertiary/aromatic N) is 2. The number of sulfonamides is 1. The largest absolute Gasteiger partial charge is 0.497 e. The quantitative estimate of drug-likeness (QED) is 0.717. The summed E-state index contributed by atoms with van der Waals surface area (Å²) in [6.07, 6.45) is 0. The molecule has 0 spiro atoms. The summed E-state index contributed by atoms with van der Waals surface area (Å²) >= 11 is 0. The minimum Gasteiger partial charge on any atom is -0.497 e. The molecule has 3 rings (SSSR count). The third-order valence-corrected chi connectivity index (χ3v) is 5.79. The van der Waals surface area contributed by atoms with Gasteiger partial charge in [-0.25, -0.2) is 13.6 Å². The van der Waals surface area contributed by atoms with Gasteiger partial charge in [0, 0.05) is 39.3 Å². The molecular formula is C20H27N3O4S. The number of nitrogens with two attached hydrogens (primary N) is 1. The molecule has 0 amide bonds. The van der Waals surface area contributed by atoms with Crippen molar-refractivity contribution in [1.29, 1.82) is 0 Å².